The number of likely N-dealkylation sites (N-methyl/N-ethyl adjacent to an activating group) is 1. The van der Waals surface area contributed by atoms with Gasteiger partial charge in [-0.1, -0.05) is 27.7 Å². The number of cyclic esters (lactones) is 1. The Balaban J connectivity index is 1.53. The minimum absolute atomic E-state index is 0.0439. The summed E-state index contributed by atoms with van der Waals surface area (Å²) in [6.07, 6.45) is 0.742. The van der Waals surface area contributed by atoms with Crippen molar-refractivity contribution in [2.24, 2.45) is 23.7 Å². The topological polar surface area (TPSA) is 198 Å². The lowest BCUT2D eigenvalue weighted by Crippen LogP contribution is -2.60. The lowest BCUT2D eigenvalue weighted by atomic mass is 9.74. The van der Waals surface area contributed by atoms with E-state index >= 15 is 4.39 Å². The number of ether oxygens (including phenoxy) is 4. The van der Waals surface area contributed by atoms with E-state index in [1.807, 2.05) is 23.6 Å². The van der Waals surface area contributed by atoms with Crippen molar-refractivity contribution in [3.63, 3.8) is 0 Å². The van der Waals surface area contributed by atoms with Gasteiger partial charge >= 0.3 is 11.9 Å². The number of fused-ring (bicyclic) bond motifs is 2. The molecule has 2 aliphatic heterocycles. The summed E-state index contributed by atoms with van der Waals surface area (Å²) in [6, 6.07) is -0.243. The molecule has 3 aliphatic rings. The standard InChI is InChI=1S/C40H61FN6O9S/c1-11-27-40(7)24(17-28(48)56-40)32(57-14-12-13-47-20-45-29-35(42)43-19-44-36(29)47)30(49)22(3)18-38(5,53-10)34(23(4)33(51)39(6,41)37(52)55-27)54-26-16-21(2)15-25(31(26)50)46(8)9/h19-27,31-32,34,50H,11-18H2,1-10H3,(H2,42,43,44)/t21-,22-,23+,24+,25+,26-,27-,31-,32?,34-,38-,39+,40+/m1/s1. The van der Waals surface area contributed by atoms with Crippen molar-refractivity contribution in [3.8, 4) is 0 Å². The number of nitrogens with two attached hydrogens (primary N) is 1. The number of carbonyl (C=O) groups excluding carboxylic acids is 4. The van der Waals surface area contributed by atoms with Crippen LogP contribution in [-0.4, -0.2) is 133 Å². The molecule has 1 saturated carbocycles. The number of thioether (sulfide) groups is 1. The summed E-state index contributed by atoms with van der Waals surface area (Å²) in [5.74, 6) is -5.15. The molecule has 4 heterocycles. The highest BCUT2D eigenvalue weighted by Crippen LogP contribution is 2.47. The van der Waals surface area contributed by atoms with Gasteiger partial charge in [0, 0.05) is 37.5 Å². The van der Waals surface area contributed by atoms with Gasteiger partial charge in [0.05, 0.1) is 41.9 Å². The van der Waals surface area contributed by atoms with E-state index in [1.54, 1.807) is 34.0 Å². The van der Waals surface area contributed by atoms with Gasteiger partial charge in [-0.3, -0.25) is 14.4 Å². The van der Waals surface area contributed by atoms with Gasteiger partial charge in [0.25, 0.3) is 5.67 Å². The Labute approximate surface area is 338 Å². The van der Waals surface area contributed by atoms with E-state index < -0.39 is 82.0 Å². The van der Waals surface area contributed by atoms with Gasteiger partial charge in [0.2, 0.25) is 0 Å². The van der Waals surface area contributed by atoms with Crippen LogP contribution in [0.15, 0.2) is 12.7 Å². The number of nitrogens with zero attached hydrogens (tertiary/aromatic N) is 5. The Hall–Kier alpha value is -3.25. The number of esters is 2. The summed E-state index contributed by atoms with van der Waals surface area (Å²) in [6.45, 7) is 11.7. The van der Waals surface area contributed by atoms with Crippen molar-refractivity contribution >= 4 is 52.2 Å². The van der Waals surface area contributed by atoms with Crippen molar-refractivity contribution in [2.45, 2.75) is 146 Å². The van der Waals surface area contributed by atoms with Crippen LogP contribution >= 0.6 is 11.8 Å². The Bertz CT molecular complexity index is 1800. The van der Waals surface area contributed by atoms with Gasteiger partial charge in [-0.15, -0.1) is 0 Å². The molecule has 3 fully saturated rings. The number of hydrogen-bond acceptors (Lipinski definition) is 15. The zero-order valence-electron chi connectivity index (χ0n) is 34.9. The van der Waals surface area contributed by atoms with Crippen molar-refractivity contribution in [1.29, 1.82) is 0 Å². The number of hydrogen-bond donors (Lipinski definition) is 2. The number of rotatable bonds is 10. The lowest BCUT2D eigenvalue weighted by Gasteiger charge is -2.47. The fourth-order valence-electron chi connectivity index (χ4n) is 9.24. The first-order valence-electron chi connectivity index (χ1n) is 20.0. The van der Waals surface area contributed by atoms with Gasteiger partial charge < -0.3 is 39.3 Å². The molecule has 13 atom stereocenters. The fraction of sp³-hybridized carbons (Fsp3) is 0.775. The van der Waals surface area contributed by atoms with Crippen LogP contribution in [-0.2, 0) is 44.7 Å². The molecule has 3 N–H and O–H groups in total. The number of nitrogen functional groups attached to an aromatic ring is 1. The van der Waals surface area contributed by atoms with E-state index in [-0.39, 0.29) is 42.8 Å². The Morgan fingerprint density at radius 2 is 1.81 bits per heavy atom. The van der Waals surface area contributed by atoms with E-state index in [9.17, 15) is 24.3 Å². The Kier molecular flexibility index (Phi) is 13.8. The number of ketones is 2. The quantitative estimate of drug-likeness (QED) is 0.198. The number of carbonyl (C=O) groups is 4. The van der Waals surface area contributed by atoms with Gasteiger partial charge in [-0.05, 0) is 78.6 Å². The summed E-state index contributed by atoms with van der Waals surface area (Å²) in [4.78, 5) is 70.8. The Morgan fingerprint density at radius 3 is 2.46 bits per heavy atom. The van der Waals surface area contributed by atoms with Crippen LogP contribution in [0.1, 0.15) is 87.0 Å². The van der Waals surface area contributed by atoms with Crippen molar-refractivity contribution in [3.05, 3.63) is 12.7 Å². The average molecular weight is 821 g/mol. The number of anilines is 1. The van der Waals surface area contributed by atoms with Crippen LogP contribution in [0.3, 0.4) is 0 Å². The molecular formula is C40H61FN6O9S. The molecule has 57 heavy (non-hydrogen) atoms. The molecule has 5 rings (SSSR count). The maximum atomic E-state index is 16.8. The minimum atomic E-state index is -3.13. The highest BCUT2D eigenvalue weighted by Gasteiger charge is 2.60. The van der Waals surface area contributed by atoms with Gasteiger partial charge in [0.15, 0.2) is 22.8 Å². The van der Waals surface area contributed by atoms with E-state index in [0.717, 1.165) is 13.3 Å². The molecule has 0 amide bonds. The minimum Gasteiger partial charge on any atom is -0.455 e. The molecule has 1 unspecified atom stereocenters. The van der Waals surface area contributed by atoms with Crippen LogP contribution < -0.4 is 5.73 Å². The van der Waals surface area contributed by atoms with E-state index in [2.05, 4.69) is 21.9 Å². The molecule has 0 spiro atoms. The first-order valence-corrected chi connectivity index (χ1v) is 21.0. The summed E-state index contributed by atoms with van der Waals surface area (Å²) >= 11 is 1.38. The Morgan fingerprint density at radius 1 is 1.11 bits per heavy atom. The zero-order valence-corrected chi connectivity index (χ0v) is 35.7. The normalized spacial score (nSPS) is 38.5. The summed E-state index contributed by atoms with van der Waals surface area (Å²) in [7, 11) is 5.19. The van der Waals surface area contributed by atoms with Crippen LogP contribution in [0.4, 0.5) is 10.2 Å². The third-order valence-corrected chi connectivity index (χ3v) is 14.1. The highest BCUT2D eigenvalue weighted by atomic mass is 32.2. The number of Topliss-reactive ketones (excluding diaryl/α,β-unsaturated/α-hetero) is 2. The lowest BCUT2D eigenvalue weighted by molar-refractivity contribution is -0.208. The molecule has 0 aromatic carbocycles. The summed E-state index contributed by atoms with van der Waals surface area (Å²) in [5, 5.41) is 10.7. The first kappa shape index (κ1) is 44.8. The van der Waals surface area contributed by atoms with Gasteiger partial charge in [-0.25, -0.2) is 24.1 Å². The van der Waals surface area contributed by atoms with Crippen LogP contribution in [0.25, 0.3) is 11.2 Å². The van der Waals surface area contributed by atoms with Gasteiger partial charge in [0.1, 0.15) is 23.7 Å². The van der Waals surface area contributed by atoms with Crippen molar-refractivity contribution in [2.75, 3.05) is 32.7 Å². The smallest absolute Gasteiger partial charge is 0.351 e. The van der Waals surface area contributed by atoms with Crippen molar-refractivity contribution in [1.82, 2.24) is 24.4 Å². The predicted octanol–water partition coefficient (Wildman–Crippen LogP) is 3.97. The van der Waals surface area contributed by atoms with E-state index in [1.165, 1.54) is 32.1 Å². The number of aliphatic hydroxyl groups excluding tert-OH is 1. The van der Waals surface area contributed by atoms with Crippen LogP contribution in [0, 0.1) is 23.7 Å². The van der Waals surface area contributed by atoms with Gasteiger partial charge in [-0.2, -0.15) is 11.8 Å². The fourth-order valence-corrected chi connectivity index (χ4v) is 10.8. The van der Waals surface area contributed by atoms with Crippen LogP contribution in [0.2, 0.25) is 0 Å². The predicted molar refractivity (Wildman–Crippen MR) is 212 cm³/mol. The molecule has 2 aromatic heterocycles. The first-order chi connectivity index (χ1) is 26.7. The average Bonchev–Trinajstić information content (AvgIpc) is 3.72. The molecule has 0 bridgehead atoms. The molecule has 1 aliphatic carbocycles. The maximum Gasteiger partial charge on any atom is 0.351 e. The molecule has 0 radical (unpaired) electrons. The third-order valence-electron chi connectivity index (χ3n) is 12.6. The highest BCUT2D eigenvalue weighted by molar-refractivity contribution is 8.00. The number of aliphatic hydroxyl groups is 1. The molecule has 15 nitrogen and oxygen atoms in total. The number of aromatic nitrogens is 4. The number of alkyl halides is 1. The zero-order chi connectivity index (χ0) is 42.2. The summed E-state index contributed by atoms with van der Waals surface area (Å²) in [5.41, 5.74) is 1.03. The molecule has 2 saturated heterocycles. The third kappa shape index (κ3) is 8.87. The van der Waals surface area contributed by atoms with E-state index in [0.29, 0.717) is 36.3 Å². The monoisotopic (exact) mass is 820 g/mol. The second-order valence-corrected chi connectivity index (χ2v) is 18.4. The number of aryl methyl sites for hydroxylation is 1. The SMILES string of the molecule is CC[C@H]1OC(=O)[C@@](C)(F)C(=O)[C@H](C)[C@@H](O[C@@H]2C[C@H](C)C[C@H](N(C)C)[C@H]2O)[C@](C)(OC)C[C@@H](C)C(=O)C(SCCCn2cnc3c(N)ncnc32)[C@@H]2CC(=O)O[C@]12C. The largest absolute Gasteiger partial charge is 0.455 e. The summed E-state index contributed by atoms with van der Waals surface area (Å²) < 4.78 is 43.4. The number of imidazole rings is 1. The van der Waals surface area contributed by atoms with Crippen LogP contribution in [0.5, 0.6) is 0 Å². The molecule has 318 valence electrons. The maximum absolute atomic E-state index is 16.8. The van der Waals surface area contributed by atoms with E-state index in [4.69, 9.17) is 24.7 Å². The second kappa shape index (κ2) is 17.5. The number of methoxy groups -OCH3 is 1. The number of halogens is 1. The second-order valence-electron chi connectivity index (χ2n) is 17.2. The molecule has 17 heteroatoms. The van der Waals surface area contributed by atoms with Crippen molar-refractivity contribution < 1.29 is 47.6 Å². The molecule has 2 aromatic rings. The molecular weight excluding hydrogens is 760 g/mol.